The van der Waals surface area contributed by atoms with E-state index in [4.69, 9.17) is 5.73 Å². The van der Waals surface area contributed by atoms with Gasteiger partial charge in [-0.15, -0.1) is 0 Å². The lowest BCUT2D eigenvalue weighted by atomic mass is 10.00. The molecule has 1 aliphatic rings. The van der Waals surface area contributed by atoms with Gasteiger partial charge in [0, 0.05) is 0 Å². The van der Waals surface area contributed by atoms with Crippen LogP contribution in [0, 0.1) is 5.92 Å². The molecule has 2 N–H and O–H groups in total. The quantitative estimate of drug-likeness (QED) is 0.729. The van der Waals surface area contributed by atoms with Gasteiger partial charge in [-0.05, 0) is 30.0 Å². The molecule has 1 heteroatoms. The van der Waals surface area contributed by atoms with E-state index in [0.29, 0.717) is 5.92 Å². The third kappa shape index (κ3) is 1.52. The van der Waals surface area contributed by atoms with Gasteiger partial charge in [-0.25, -0.2) is 0 Å². The standard InChI is InChI=1S/C12H15N/c1-9(8-13)12-6-10-4-2-3-5-11(10)7-12/h2-6,9H,7-8,13H2,1H3. The highest BCUT2D eigenvalue weighted by Crippen LogP contribution is 2.28. The zero-order valence-electron chi connectivity index (χ0n) is 7.96. The fourth-order valence-corrected chi connectivity index (χ4v) is 1.77. The highest BCUT2D eigenvalue weighted by molar-refractivity contribution is 5.63. The third-order valence-electron chi connectivity index (χ3n) is 2.78. The van der Waals surface area contributed by atoms with E-state index in [0.717, 1.165) is 13.0 Å². The van der Waals surface area contributed by atoms with Crippen LogP contribution in [-0.4, -0.2) is 6.54 Å². The topological polar surface area (TPSA) is 26.0 Å². The van der Waals surface area contributed by atoms with E-state index in [9.17, 15) is 0 Å². The normalized spacial score (nSPS) is 16.6. The molecule has 0 radical (unpaired) electrons. The molecule has 0 aliphatic heterocycles. The second-order valence-corrected chi connectivity index (χ2v) is 3.73. The van der Waals surface area contributed by atoms with Gasteiger partial charge in [0.05, 0.1) is 0 Å². The molecule has 0 aromatic heterocycles. The fraction of sp³-hybridized carbons (Fsp3) is 0.333. The molecular formula is C12H15N. The molecule has 0 fully saturated rings. The van der Waals surface area contributed by atoms with Gasteiger partial charge < -0.3 is 5.73 Å². The lowest BCUT2D eigenvalue weighted by molar-refractivity contribution is 0.684. The molecule has 1 nitrogen and oxygen atoms in total. The average Bonchev–Trinajstić information content (AvgIpc) is 2.59. The molecule has 68 valence electrons. The summed E-state index contributed by atoms with van der Waals surface area (Å²) in [5, 5.41) is 0. The minimum atomic E-state index is 0.521. The smallest absolute Gasteiger partial charge is 0.00139 e. The largest absolute Gasteiger partial charge is 0.330 e. The first-order valence-electron chi connectivity index (χ1n) is 4.79. The maximum atomic E-state index is 5.65. The van der Waals surface area contributed by atoms with Crippen LogP contribution in [0.1, 0.15) is 18.1 Å². The molecule has 0 saturated heterocycles. The first kappa shape index (κ1) is 8.52. The summed E-state index contributed by atoms with van der Waals surface area (Å²) in [4.78, 5) is 0. The second-order valence-electron chi connectivity index (χ2n) is 3.73. The van der Waals surface area contributed by atoms with Gasteiger partial charge in [0.15, 0.2) is 0 Å². The molecule has 0 heterocycles. The van der Waals surface area contributed by atoms with Crippen LogP contribution in [0.3, 0.4) is 0 Å². The van der Waals surface area contributed by atoms with Crippen LogP contribution < -0.4 is 5.73 Å². The lowest BCUT2D eigenvalue weighted by Crippen LogP contribution is -2.12. The van der Waals surface area contributed by atoms with Gasteiger partial charge >= 0.3 is 0 Å². The summed E-state index contributed by atoms with van der Waals surface area (Å²) in [5.74, 6) is 0.521. The van der Waals surface area contributed by atoms with Crippen LogP contribution in [-0.2, 0) is 6.42 Å². The zero-order chi connectivity index (χ0) is 9.26. The van der Waals surface area contributed by atoms with Crippen molar-refractivity contribution in [2.75, 3.05) is 6.54 Å². The Morgan fingerprint density at radius 1 is 1.38 bits per heavy atom. The number of rotatable bonds is 2. The predicted molar refractivity (Wildman–Crippen MR) is 56.3 cm³/mol. The third-order valence-corrected chi connectivity index (χ3v) is 2.78. The van der Waals surface area contributed by atoms with Gasteiger partial charge in [-0.3, -0.25) is 0 Å². The van der Waals surface area contributed by atoms with Crippen molar-refractivity contribution in [1.82, 2.24) is 0 Å². The van der Waals surface area contributed by atoms with Crippen molar-refractivity contribution in [2.24, 2.45) is 11.7 Å². The molecule has 13 heavy (non-hydrogen) atoms. The molecule has 0 amide bonds. The predicted octanol–water partition coefficient (Wildman–Crippen LogP) is 2.22. The number of benzene rings is 1. The summed E-state index contributed by atoms with van der Waals surface area (Å²) in [6, 6.07) is 8.56. The Hall–Kier alpha value is -1.08. The zero-order valence-corrected chi connectivity index (χ0v) is 7.96. The first-order valence-corrected chi connectivity index (χ1v) is 4.79. The Balaban J connectivity index is 2.26. The Morgan fingerprint density at radius 2 is 2.15 bits per heavy atom. The van der Waals surface area contributed by atoms with Crippen molar-refractivity contribution in [2.45, 2.75) is 13.3 Å². The van der Waals surface area contributed by atoms with E-state index in [-0.39, 0.29) is 0 Å². The Kier molecular flexibility index (Phi) is 2.19. The fourth-order valence-electron chi connectivity index (χ4n) is 1.77. The van der Waals surface area contributed by atoms with Crippen molar-refractivity contribution >= 4 is 6.08 Å². The summed E-state index contributed by atoms with van der Waals surface area (Å²) >= 11 is 0. The minimum absolute atomic E-state index is 0.521. The highest BCUT2D eigenvalue weighted by atomic mass is 14.5. The summed E-state index contributed by atoms with van der Waals surface area (Å²) in [7, 11) is 0. The van der Waals surface area contributed by atoms with Gasteiger partial charge in [-0.1, -0.05) is 42.8 Å². The number of nitrogens with two attached hydrogens (primary N) is 1. The molecular weight excluding hydrogens is 158 g/mol. The average molecular weight is 173 g/mol. The van der Waals surface area contributed by atoms with Gasteiger partial charge in [0.1, 0.15) is 0 Å². The van der Waals surface area contributed by atoms with E-state index >= 15 is 0 Å². The maximum absolute atomic E-state index is 5.65. The molecule has 0 bridgehead atoms. The second kappa shape index (κ2) is 3.35. The monoisotopic (exact) mass is 173 g/mol. The Morgan fingerprint density at radius 3 is 2.85 bits per heavy atom. The molecule has 1 atom stereocenters. The van der Waals surface area contributed by atoms with Gasteiger partial charge in [0.25, 0.3) is 0 Å². The first-order chi connectivity index (χ1) is 6.31. The Bertz CT molecular complexity index is 339. The van der Waals surface area contributed by atoms with Crippen molar-refractivity contribution in [3.63, 3.8) is 0 Å². The van der Waals surface area contributed by atoms with Crippen molar-refractivity contribution in [3.05, 3.63) is 41.0 Å². The van der Waals surface area contributed by atoms with Gasteiger partial charge in [-0.2, -0.15) is 0 Å². The molecule has 1 aromatic rings. The van der Waals surface area contributed by atoms with Crippen LogP contribution in [0.25, 0.3) is 6.08 Å². The van der Waals surface area contributed by atoms with Gasteiger partial charge in [0.2, 0.25) is 0 Å². The van der Waals surface area contributed by atoms with Crippen LogP contribution >= 0.6 is 0 Å². The van der Waals surface area contributed by atoms with Crippen LogP contribution in [0.5, 0.6) is 0 Å². The van der Waals surface area contributed by atoms with Crippen LogP contribution in [0.4, 0.5) is 0 Å². The van der Waals surface area contributed by atoms with E-state index in [1.807, 2.05) is 0 Å². The van der Waals surface area contributed by atoms with E-state index in [2.05, 4.69) is 37.3 Å². The Labute approximate surface area is 79.3 Å². The maximum Gasteiger partial charge on any atom is -0.00139 e. The number of hydrogen-bond acceptors (Lipinski definition) is 1. The molecule has 0 spiro atoms. The summed E-state index contributed by atoms with van der Waals surface area (Å²) < 4.78 is 0. The van der Waals surface area contributed by atoms with E-state index < -0.39 is 0 Å². The van der Waals surface area contributed by atoms with Crippen LogP contribution in [0.2, 0.25) is 0 Å². The highest BCUT2D eigenvalue weighted by Gasteiger charge is 2.15. The number of hydrogen-bond donors (Lipinski definition) is 1. The minimum Gasteiger partial charge on any atom is -0.330 e. The van der Waals surface area contributed by atoms with E-state index in [1.165, 1.54) is 16.7 Å². The molecule has 1 unspecified atom stereocenters. The molecule has 0 saturated carbocycles. The molecule has 1 aliphatic carbocycles. The van der Waals surface area contributed by atoms with Crippen LogP contribution in [0.15, 0.2) is 29.8 Å². The number of fused-ring (bicyclic) bond motifs is 1. The summed E-state index contributed by atoms with van der Waals surface area (Å²) in [6.45, 7) is 2.94. The summed E-state index contributed by atoms with van der Waals surface area (Å²) in [6.07, 6.45) is 3.38. The summed E-state index contributed by atoms with van der Waals surface area (Å²) in [5.41, 5.74) is 9.94. The molecule has 2 rings (SSSR count). The molecule has 1 aromatic carbocycles. The van der Waals surface area contributed by atoms with Crippen molar-refractivity contribution < 1.29 is 0 Å². The van der Waals surface area contributed by atoms with E-state index in [1.54, 1.807) is 0 Å². The SMILES string of the molecule is CC(CN)C1=Cc2ccccc2C1. The lowest BCUT2D eigenvalue weighted by Gasteiger charge is -2.08. The van der Waals surface area contributed by atoms with Crippen molar-refractivity contribution in [3.8, 4) is 0 Å². The van der Waals surface area contributed by atoms with Crippen molar-refractivity contribution in [1.29, 1.82) is 0 Å².